The van der Waals surface area contributed by atoms with Gasteiger partial charge in [0, 0.05) is 17.7 Å². The van der Waals surface area contributed by atoms with Crippen molar-refractivity contribution in [3.8, 4) is 0 Å². The third kappa shape index (κ3) is 4.59. The number of rotatable bonds is 5. The minimum Gasteiger partial charge on any atom is -0.452 e. The van der Waals surface area contributed by atoms with Crippen molar-refractivity contribution in [2.24, 2.45) is 5.41 Å². The number of amides is 3. The second-order valence-corrected chi connectivity index (χ2v) is 7.98. The van der Waals surface area contributed by atoms with Gasteiger partial charge in [-0.2, -0.15) is 0 Å². The number of hydrogen-bond acceptors (Lipinski definition) is 4. The van der Waals surface area contributed by atoms with Gasteiger partial charge in [0.15, 0.2) is 0 Å². The molecule has 0 aromatic heterocycles. The molecule has 2 aromatic rings. The molecule has 1 aliphatic rings. The Bertz CT molecular complexity index is 938. The van der Waals surface area contributed by atoms with Gasteiger partial charge in [-0.15, -0.1) is 0 Å². The monoisotopic (exact) mass is 406 g/mol. The molecule has 0 spiro atoms. The summed E-state index contributed by atoms with van der Waals surface area (Å²) in [4.78, 5) is 41.1. The maximum atomic E-state index is 13.2. The molecule has 3 rings (SSSR count). The van der Waals surface area contributed by atoms with Gasteiger partial charge in [-0.25, -0.2) is 4.79 Å². The lowest BCUT2D eigenvalue weighted by molar-refractivity contribution is -0.153. The van der Waals surface area contributed by atoms with E-state index in [4.69, 9.17) is 4.74 Å². The predicted octanol–water partition coefficient (Wildman–Crippen LogP) is 3.78. The van der Waals surface area contributed by atoms with Crippen molar-refractivity contribution in [3.63, 3.8) is 0 Å². The van der Waals surface area contributed by atoms with Gasteiger partial charge in [-0.3, -0.25) is 19.4 Å². The van der Waals surface area contributed by atoms with Gasteiger partial charge in [-0.1, -0.05) is 74.5 Å². The Hall–Kier alpha value is -3.41. The largest absolute Gasteiger partial charge is 0.452 e. The SMILES string of the molecule is COC(=O)N1C=CC(=O)N(C(=O)Cc2ccccc2)[C@@H]1C(C)(C)Cc1ccccc1. The highest BCUT2D eigenvalue weighted by Gasteiger charge is 2.46. The fourth-order valence-corrected chi connectivity index (χ4v) is 3.87. The van der Waals surface area contributed by atoms with Crippen LogP contribution in [0.25, 0.3) is 0 Å². The zero-order valence-electron chi connectivity index (χ0n) is 17.4. The van der Waals surface area contributed by atoms with Crippen LogP contribution >= 0.6 is 0 Å². The average molecular weight is 406 g/mol. The number of ether oxygens (including phenoxy) is 1. The minimum absolute atomic E-state index is 0.0628. The van der Waals surface area contributed by atoms with Crippen molar-refractivity contribution in [3.05, 3.63) is 84.1 Å². The molecule has 1 heterocycles. The van der Waals surface area contributed by atoms with Gasteiger partial charge in [0.05, 0.1) is 13.5 Å². The fourth-order valence-electron chi connectivity index (χ4n) is 3.87. The number of carbonyl (C=O) groups excluding carboxylic acids is 3. The molecule has 3 amide bonds. The Kier molecular flexibility index (Phi) is 6.35. The first-order valence-electron chi connectivity index (χ1n) is 9.82. The van der Waals surface area contributed by atoms with Gasteiger partial charge in [0.25, 0.3) is 5.91 Å². The Morgan fingerprint density at radius 3 is 2.10 bits per heavy atom. The summed E-state index contributed by atoms with van der Waals surface area (Å²) < 4.78 is 4.93. The first kappa shape index (κ1) is 21.3. The summed E-state index contributed by atoms with van der Waals surface area (Å²) in [7, 11) is 1.28. The van der Waals surface area contributed by atoms with E-state index in [0.717, 1.165) is 11.1 Å². The molecule has 0 aliphatic carbocycles. The first-order valence-corrected chi connectivity index (χ1v) is 9.82. The van der Waals surface area contributed by atoms with Crippen LogP contribution in [-0.2, 0) is 27.2 Å². The fraction of sp³-hybridized carbons (Fsp3) is 0.292. The summed E-state index contributed by atoms with van der Waals surface area (Å²) in [6.07, 6.45) is 1.81. The number of benzene rings is 2. The predicted molar refractivity (Wildman–Crippen MR) is 113 cm³/mol. The van der Waals surface area contributed by atoms with Crippen LogP contribution in [0.1, 0.15) is 25.0 Å². The van der Waals surface area contributed by atoms with E-state index in [1.54, 1.807) is 0 Å². The standard InChI is InChI=1S/C24H26N2O4/c1-24(2,17-19-12-8-5-9-13-19)22-25(23(29)30-3)15-14-20(27)26(22)21(28)16-18-10-6-4-7-11-18/h4-15,22H,16-17H2,1-3H3/t22-/m1/s1. The van der Waals surface area contributed by atoms with E-state index in [0.29, 0.717) is 6.42 Å². The molecule has 0 N–H and O–H groups in total. The summed E-state index contributed by atoms with van der Waals surface area (Å²) in [5, 5.41) is 0. The molecular weight excluding hydrogens is 380 g/mol. The molecular formula is C24H26N2O4. The third-order valence-corrected chi connectivity index (χ3v) is 5.18. The van der Waals surface area contributed by atoms with Crippen molar-refractivity contribution < 1.29 is 19.1 Å². The summed E-state index contributed by atoms with van der Waals surface area (Å²) in [6.45, 7) is 3.88. The van der Waals surface area contributed by atoms with E-state index in [1.165, 1.54) is 29.2 Å². The van der Waals surface area contributed by atoms with E-state index < -0.39 is 23.6 Å². The first-order chi connectivity index (χ1) is 14.3. The highest BCUT2D eigenvalue weighted by molar-refractivity contribution is 6.03. The van der Waals surface area contributed by atoms with Gasteiger partial charge in [-0.05, 0) is 17.5 Å². The Balaban J connectivity index is 1.98. The molecule has 0 saturated heterocycles. The second kappa shape index (κ2) is 8.95. The molecule has 0 bridgehead atoms. The van der Waals surface area contributed by atoms with Gasteiger partial charge >= 0.3 is 6.09 Å². The lowest BCUT2D eigenvalue weighted by Gasteiger charge is -2.46. The maximum Gasteiger partial charge on any atom is 0.415 e. The molecule has 0 saturated carbocycles. The number of nitrogens with zero attached hydrogens (tertiary/aromatic N) is 2. The van der Waals surface area contributed by atoms with Crippen LogP contribution in [0.3, 0.4) is 0 Å². The number of hydrogen-bond donors (Lipinski definition) is 0. The van der Waals surface area contributed by atoms with Gasteiger partial charge < -0.3 is 4.74 Å². The molecule has 0 unspecified atom stereocenters. The smallest absolute Gasteiger partial charge is 0.415 e. The Morgan fingerprint density at radius 1 is 0.967 bits per heavy atom. The maximum absolute atomic E-state index is 13.2. The Morgan fingerprint density at radius 2 is 1.53 bits per heavy atom. The van der Waals surface area contributed by atoms with Crippen molar-refractivity contribution in [1.82, 2.24) is 9.80 Å². The van der Waals surface area contributed by atoms with Crippen LogP contribution in [0.4, 0.5) is 4.79 Å². The van der Waals surface area contributed by atoms with E-state index in [-0.39, 0.29) is 12.3 Å². The summed E-state index contributed by atoms with van der Waals surface area (Å²) in [5.41, 5.74) is 1.21. The van der Waals surface area contributed by atoms with Crippen LogP contribution in [0.15, 0.2) is 72.9 Å². The molecule has 156 valence electrons. The molecule has 0 radical (unpaired) electrons. The zero-order chi connectivity index (χ0) is 21.7. The number of methoxy groups -OCH3 is 1. The van der Waals surface area contributed by atoms with Crippen LogP contribution < -0.4 is 0 Å². The summed E-state index contributed by atoms with van der Waals surface area (Å²) >= 11 is 0. The van der Waals surface area contributed by atoms with Gasteiger partial charge in [0.1, 0.15) is 6.17 Å². The zero-order valence-corrected chi connectivity index (χ0v) is 17.4. The summed E-state index contributed by atoms with van der Waals surface area (Å²) in [6, 6.07) is 19.0. The number of imide groups is 1. The molecule has 2 aromatic carbocycles. The molecule has 1 atom stereocenters. The number of carbonyl (C=O) groups is 3. The van der Waals surface area contributed by atoms with E-state index in [2.05, 4.69) is 0 Å². The topological polar surface area (TPSA) is 66.9 Å². The molecule has 0 fully saturated rings. The normalized spacial score (nSPS) is 16.5. The molecule has 6 heteroatoms. The third-order valence-electron chi connectivity index (χ3n) is 5.18. The molecule has 1 aliphatic heterocycles. The second-order valence-electron chi connectivity index (χ2n) is 7.98. The average Bonchev–Trinajstić information content (AvgIpc) is 2.74. The lowest BCUT2D eigenvalue weighted by atomic mass is 9.80. The highest BCUT2D eigenvalue weighted by atomic mass is 16.5. The van der Waals surface area contributed by atoms with E-state index >= 15 is 0 Å². The van der Waals surface area contributed by atoms with Crippen molar-refractivity contribution in [2.75, 3.05) is 7.11 Å². The van der Waals surface area contributed by atoms with Crippen molar-refractivity contribution in [1.29, 1.82) is 0 Å². The Labute approximate surface area is 176 Å². The van der Waals surface area contributed by atoms with Crippen LogP contribution in [0, 0.1) is 5.41 Å². The minimum atomic E-state index is -0.820. The highest BCUT2D eigenvalue weighted by Crippen LogP contribution is 2.35. The molecule has 30 heavy (non-hydrogen) atoms. The lowest BCUT2D eigenvalue weighted by Crippen LogP contribution is -2.62. The van der Waals surface area contributed by atoms with Gasteiger partial charge in [0.2, 0.25) is 5.91 Å². The van der Waals surface area contributed by atoms with Crippen molar-refractivity contribution >= 4 is 17.9 Å². The van der Waals surface area contributed by atoms with Crippen molar-refractivity contribution in [2.45, 2.75) is 32.9 Å². The van der Waals surface area contributed by atoms with E-state index in [9.17, 15) is 14.4 Å². The van der Waals surface area contributed by atoms with Crippen LogP contribution in [0.2, 0.25) is 0 Å². The van der Waals surface area contributed by atoms with E-state index in [1.807, 2.05) is 74.5 Å². The summed E-state index contributed by atoms with van der Waals surface area (Å²) in [5.74, 6) is -0.808. The van der Waals surface area contributed by atoms with Crippen LogP contribution in [0.5, 0.6) is 0 Å². The van der Waals surface area contributed by atoms with Crippen LogP contribution in [-0.4, -0.2) is 41.0 Å². The molecule has 6 nitrogen and oxygen atoms in total. The quantitative estimate of drug-likeness (QED) is 0.758.